The van der Waals surface area contributed by atoms with Crippen LogP contribution >= 0.6 is 0 Å². The van der Waals surface area contributed by atoms with Gasteiger partial charge < -0.3 is 14.9 Å². The second-order valence-electron chi connectivity index (χ2n) is 7.14. The van der Waals surface area contributed by atoms with Crippen molar-refractivity contribution in [2.24, 2.45) is 0 Å². The number of fused-ring (bicyclic) bond motifs is 6. The van der Waals surface area contributed by atoms with Crippen LogP contribution < -0.4 is 0 Å². The maximum atomic E-state index is 3.06. The molecular formula is C29H26SiZr-4. The van der Waals surface area contributed by atoms with Crippen LogP contribution in [0.5, 0.6) is 0 Å². The van der Waals surface area contributed by atoms with Gasteiger partial charge >= 0.3 is 30.2 Å². The Morgan fingerprint density at radius 1 is 0.581 bits per heavy atom. The minimum atomic E-state index is 0. The van der Waals surface area contributed by atoms with E-state index in [0.29, 0.717) is 0 Å². The standard InChI is InChI=1S/C17H11.C10H9.2CH3.Si.Zr/c1-3-7-15-12(5-1)9-10-14-11-13-6-2-4-8-16(13)17(14)15;1-8-6-9-4-2-3-5-10(9)7-8;;;;/h1-11H;2-7H,1H3;2*1H3;;/q4*-1;;. The summed E-state index contributed by atoms with van der Waals surface area (Å²) in [5, 5.41) is 10.8. The molecule has 0 amide bonds. The third-order valence-corrected chi connectivity index (χ3v) is 5.26. The van der Waals surface area contributed by atoms with Gasteiger partial charge in [0.05, 0.1) is 0 Å². The predicted octanol–water partition coefficient (Wildman–Crippen LogP) is 8.25. The fourth-order valence-corrected chi connectivity index (χ4v) is 4.03. The van der Waals surface area contributed by atoms with Crippen LogP contribution in [-0.2, 0) is 23.3 Å². The maximum absolute atomic E-state index is 3.06. The summed E-state index contributed by atoms with van der Waals surface area (Å²) in [5.74, 6) is 0. The quantitative estimate of drug-likeness (QED) is 0.148. The van der Waals surface area contributed by atoms with Gasteiger partial charge in [-0.05, 0) is 5.39 Å². The van der Waals surface area contributed by atoms with Crippen LogP contribution in [0.15, 0.2) is 103 Å². The zero-order valence-corrected chi connectivity index (χ0v) is 21.8. The van der Waals surface area contributed by atoms with E-state index in [4.69, 9.17) is 0 Å². The second kappa shape index (κ2) is 11.4. The molecule has 0 N–H and O–H groups in total. The van der Waals surface area contributed by atoms with Crippen molar-refractivity contribution in [2.75, 3.05) is 0 Å². The first-order chi connectivity index (χ1) is 14.3. The van der Waals surface area contributed by atoms with Gasteiger partial charge in [0, 0.05) is 0 Å². The van der Waals surface area contributed by atoms with Crippen LogP contribution in [0, 0.1) is 21.8 Å². The third-order valence-electron chi connectivity index (χ3n) is 5.26. The number of rotatable bonds is 0. The first kappa shape index (κ1) is 25.0. The van der Waals surface area contributed by atoms with E-state index in [1.54, 1.807) is 0 Å². The molecule has 6 aromatic rings. The first-order valence-corrected chi connectivity index (χ1v) is 13.8. The summed E-state index contributed by atoms with van der Waals surface area (Å²) in [4.78, 5) is 0. The van der Waals surface area contributed by atoms with Crippen molar-refractivity contribution < 1.29 is 23.3 Å². The van der Waals surface area contributed by atoms with Gasteiger partial charge in [-0.15, -0.1) is 80.3 Å². The van der Waals surface area contributed by atoms with Crippen LogP contribution in [-0.4, -0.2) is 6.88 Å². The van der Waals surface area contributed by atoms with Crippen molar-refractivity contribution in [3.8, 4) is 0 Å². The van der Waals surface area contributed by atoms with Crippen molar-refractivity contribution in [3.63, 3.8) is 0 Å². The monoisotopic (exact) mass is 492 g/mol. The molecule has 0 saturated heterocycles. The van der Waals surface area contributed by atoms with Gasteiger partial charge in [0.25, 0.3) is 0 Å². The summed E-state index contributed by atoms with van der Waals surface area (Å²) in [7, 11) is 0. The molecule has 0 unspecified atom stereocenters. The molecule has 0 spiro atoms. The van der Waals surface area contributed by atoms with Gasteiger partial charge in [-0.3, -0.25) is 0 Å². The van der Waals surface area contributed by atoms with Crippen molar-refractivity contribution in [2.45, 2.75) is 6.92 Å². The van der Waals surface area contributed by atoms with Crippen molar-refractivity contribution >= 4 is 50.0 Å². The zero-order valence-electron chi connectivity index (χ0n) is 18.3. The summed E-state index contributed by atoms with van der Waals surface area (Å²) in [6, 6.07) is 36.7. The van der Waals surface area contributed by atoms with E-state index < -0.39 is 0 Å². The van der Waals surface area contributed by atoms with Gasteiger partial charge in [-0.25, -0.2) is 0 Å². The summed E-state index contributed by atoms with van der Waals surface area (Å²) < 4.78 is 0. The van der Waals surface area contributed by atoms with Crippen LogP contribution in [0.2, 0.25) is 0 Å². The molecule has 31 heavy (non-hydrogen) atoms. The summed E-state index contributed by atoms with van der Waals surface area (Å²) >= 11 is 1.36. The van der Waals surface area contributed by atoms with E-state index in [9.17, 15) is 0 Å². The molecular weight excluding hydrogens is 468 g/mol. The Labute approximate surface area is 202 Å². The van der Waals surface area contributed by atoms with Gasteiger partial charge in [0.15, 0.2) is 0 Å². The number of hydrogen-bond donors (Lipinski definition) is 0. The van der Waals surface area contributed by atoms with Crippen LogP contribution in [0.1, 0.15) is 5.56 Å². The molecule has 0 nitrogen and oxygen atoms in total. The number of aryl methyl sites for hydroxylation is 1. The Hall–Kier alpha value is -2.28. The average Bonchev–Trinajstić information content (AvgIpc) is 3.35. The summed E-state index contributed by atoms with van der Waals surface area (Å²) in [5.41, 5.74) is 1.35. The molecule has 154 valence electrons. The maximum Gasteiger partial charge on any atom is -0.0333 e. The first-order valence-electron chi connectivity index (χ1n) is 9.62. The average molecular weight is 494 g/mol. The summed E-state index contributed by atoms with van der Waals surface area (Å²) in [6.45, 7) is 5.19. The molecule has 6 aromatic carbocycles. The van der Waals surface area contributed by atoms with Gasteiger partial charge in [-0.2, -0.15) is 6.07 Å². The Morgan fingerprint density at radius 2 is 1.16 bits per heavy atom. The van der Waals surface area contributed by atoms with E-state index in [-0.39, 0.29) is 14.9 Å². The fraction of sp³-hybridized carbons (Fsp3) is 0.0345. The Kier molecular flexibility index (Phi) is 9.16. The Morgan fingerprint density at radius 3 is 1.87 bits per heavy atom. The van der Waals surface area contributed by atoms with Gasteiger partial charge in [-0.1, -0.05) is 66.9 Å². The molecule has 2 radical (unpaired) electrons. The largest absolute Gasteiger partial charge is 0.126 e. The molecule has 0 aliphatic carbocycles. The third kappa shape index (κ3) is 5.14. The van der Waals surface area contributed by atoms with Crippen molar-refractivity contribution in [3.05, 3.63) is 124 Å². The predicted molar refractivity (Wildman–Crippen MR) is 137 cm³/mol. The van der Waals surface area contributed by atoms with Crippen LogP contribution in [0.25, 0.3) is 43.1 Å². The normalized spacial score (nSPS) is 9.81. The number of benzene rings is 4. The molecule has 0 heterocycles. The van der Waals surface area contributed by atoms with Gasteiger partial charge in [0.1, 0.15) is 0 Å². The molecule has 0 fully saturated rings. The summed E-state index contributed by atoms with van der Waals surface area (Å²) in [6.07, 6.45) is 0. The molecule has 0 aliphatic rings. The molecule has 0 bridgehead atoms. The smallest absolute Gasteiger partial charge is 0.0333 e. The molecule has 2 heteroatoms. The van der Waals surface area contributed by atoms with Crippen molar-refractivity contribution in [1.82, 2.24) is 0 Å². The molecule has 0 atom stereocenters. The van der Waals surface area contributed by atoms with Crippen LogP contribution in [0.4, 0.5) is 0 Å². The molecule has 6 rings (SSSR count). The van der Waals surface area contributed by atoms with Crippen LogP contribution in [0.3, 0.4) is 0 Å². The Balaban J connectivity index is 0.000000212. The van der Waals surface area contributed by atoms with Crippen molar-refractivity contribution in [1.29, 1.82) is 0 Å². The van der Waals surface area contributed by atoms with E-state index in [1.165, 1.54) is 72.0 Å². The second-order valence-corrected chi connectivity index (χ2v) is 7.14. The minimum absolute atomic E-state index is 0. The fourth-order valence-electron chi connectivity index (χ4n) is 4.03. The Bertz CT molecular complexity index is 1370. The minimum Gasteiger partial charge on any atom is -0.126 e. The van der Waals surface area contributed by atoms with Gasteiger partial charge in [0.2, 0.25) is 0 Å². The van der Waals surface area contributed by atoms with E-state index in [1.807, 2.05) is 0 Å². The zero-order chi connectivity index (χ0) is 20.2. The topological polar surface area (TPSA) is 0 Å². The van der Waals surface area contributed by atoms with E-state index in [0.717, 1.165) is 0 Å². The number of hydrogen-bond acceptors (Lipinski definition) is 0. The van der Waals surface area contributed by atoms with E-state index in [2.05, 4.69) is 117 Å². The molecule has 0 aromatic heterocycles. The molecule has 0 saturated carbocycles. The SMILES string of the molecule is Cc1cc2ccccc2[cH-]1.[CH3-].[CH3-].[Si]=[Zr].c1ccc2c(c1)ccc1[cH-]c3ccccc3c12. The van der Waals surface area contributed by atoms with E-state index >= 15 is 0 Å². The molecule has 0 aliphatic heterocycles.